The number of aliphatic hydroxyl groups excluding tert-OH is 1. The lowest BCUT2D eigenvalue weighted by Gasteiger charge is -2.26. The fourth-order valence-electron chi connectivity index (χ4n) is 4.37. The van der Waals surface area contributed by atoms with Gasteiger partial charge in [0.1, 0.15) is 18.1 Å². The number of hydrogen-bond acceptors (Lipinski definition) is 10. The second kappa shape index (κ2) is 20.0. The first kappa shape index (κ1) is 37.0. The minimum Gasteiger partial charge on any atom is -0.394 e. The molecule has 1 unspecified atom stereocenters. The molecule has 0 aliphatic carbocycles. The van der Waals surface area contributed by atoms with Gasteiger partial charge in [-0.15, -0.1) is 11.3 Å². The van der Waals surface area contributed by atoms with Gasteiger partial charge in [-0.3, -0.25) is 29.4 Å². The lowest BCUT2D eigenvalue weighted by atomic mass is 10.0. The summed E-state index contributed by atoms with van der Waals surface area (Å²) in [7, 11) is -2.70. The fourth-order valence-corrected chi connectivity index (χ4v) is 7.56. The largest absolute Gasteiger partial charge is 0.394 e. The third-order valence-corrected chi connectivity index (χ3v) is 10.2. The van der Waals surface area contributed by atoms with Gasteiger partial charge in [-0.1, -0.05) is 30.3 Å². The van der Waals surface area contributed by atoms with E-state index in [0.717, 1.165) is 5.56 Å². The van der Waals surface area contributed by atoms with Crippen molar-refractivity contribution in [3.8, 4) is 0 Å². The van der Waals surface area contributed by atoms with E-state index in [-0.39, 0.29) is 29.2 Å². The van der Waals surface area contributed by atoms with Crippen LogP contribution in [0.3, 0.4) is 0 Å². The standard InChI is InChI=1S/C28H43N9O6SSi/c1-18(39)34-22(17-38)24(41)35-20(10-5-6-11-29)23(40)36-21(16-19-8-3-2-4-9-19)25(42)37-45(15-7-12-33-28(30)31)27(43)26-32-13-14-44-26/h2-4,8-9,13-14,20-22,38,45H,5-7,10-12,15-17,29H2,1H3,(H,34,39)(H,35,41)(H,36,40)(H,37,42)(H4,30,31,33)/t20-,21-,22-,45?/m0/s1. The second-order valence-corrected chi connectivity index (χ2v) is 13.7. The van der Waals surface area contributed by atoms with Gasteiger partial charge in [0.25, 0.3) is 0 Å². The first-order valence-corrected chi connectivity index (χ1v) is 17.4. The Morgan fingerprint density at radius 1 is 0.978 bits per heavy atom. The van der Waals surface area contributed by atoms with Gasteiger partial charge >= 0.3 is 0 Å². The number of nitrogens with zero attached hydrogens (tertiary/aromatic N) is 1. The molecule has 4 atom stereocenters. The summed E-state index contributed by atoms with van der Waals surface area (Å²) < 4.78 is 0. The number of rotatable bonds is 20. The molecule has 0 fully saturated rings. The molecule has 17 heteroatoms. The van der Waals surface area contributed by atoms with E-state index >= 15 is 0 Å². The maximum atomic E-state index is 13.8. The molecule has 15 nitrogen and oxygen atoms in total. The number of benzene rings is 1. The Hall–Kier alpha value is -4.19. The van der Waals surface area contributed by atoms with Crippen LogP contribution >= 0.6 is 11.3 Å². The number of unbranched alkanes of at least 4 members (excludes halogenated alkanes) is 1. The van der Waals surface area contributed by atoms with E-state index in [9.17, 15) is 29.1 Å². The van der Waals surface area contributed by atoms with Gasteiger partial charge in [-0.25, -0.2) is 4.98 Å². The lowest BCUT2D eigenvalue weighted by Crippen LogP contribution is -2.59. The smallest absolute Gasteiger partial charge is 0.245 e. The number of amides is 4. The monoisotopic (exact) mass is 661 g/mol. The van der Waals surface area contributed by atoms with Crippen molar-refractivity contribution in [3.63, 3.8) is 0 Å². The highest BCUT2D eigenvalue weighted by Gasteiger charge is 2.32. The summed E-state index contributed by atoms with van der Waals surface area (Å²) in [5.74, 6) is -2.70. The van der Waals surface area contributed by atoms with Crippen LogP contribution in [0, 0.1) is 5.41 Å². The summed E-state index contributed by atoms with van der Waals surface area (Å²) in [6, 6.07) is 5.89. The highest BCUT2D eigenvalue weighted by molar-refractivity contribution is 7.15. The van der Waals surface area contributed by atoms with Crippen LogP contribution in [-0.4, -0.2) is 91.9 Å². The molecule has 1 aromatic heterocycles. The summed E-state index contributed by atoms with van der Waals surface area (Å²) in [5, 5.41) is 29.0. The molecule has 0 radical (unpaired) electrons. The molecule has 2 aromatic rings. The fraction of sp³-hybridized carbons (Fsp3) is 0.464. The molecule has 1 aromatic carbocycles. The van der Waals surface area contributed by atoms with E-state index in [1.54, 1.807) is 29.6 Å². The number of hydrogen-bond donors (Lipinski definition) is 9. The average molecular weight is 662 g/mol. The molecule has 246 valence electrons. The van der Waals surface area contributed by atoms with Gasteiger partial charge in [-0.05, 0) is 43.8 Å². The maximum absolute atomic E-state index is 13.8. The summed E-state index contributed by atoms with van der Waals surface area (Å²) in [6.07, 6.45) is 3.32. The van der Waals surface area contributed by atoms with Gasteiger partial charge in [0.2, 0.25) is 32.6 Å². The third-order valence-electron chi connectivity index (χ3n) is 6.63. The van der Waals surface area contributed by atoms with Gasteiger partial charge < -0.3 is 42.8 Å². The predicted molar refractivity (Wildman–Crippen MR) is 173 cm³/mol. The van der Waals surface area contributed by atoms with Crippen LogP contribution in [0.15, 0.2) is 41.9 Å². The molecule has 0 spiro atoms. The summed E-state index contributed by atoms with van der Waals surface area (Å²) in [4.78, 5) is 72.0. The van der Waals surface area contributed by atoms with Crippen LogP contribution in [0.5, 0.6) is 0 Å². The van der Waals surface area contributed by atoms with E-state index in [1.165, 1.54) is 24.5 Å². The summed E-state index contributed by atoms with van der Waals surface area (Å²) in [6.45, 7) is 1.22. The SMILES string of the molecule is CC(=O)N[C@@H](CO)C(=O)N[C@@H](CCCCN)C(=O)N[C@@H](Cc1ccccc1)C(=O)N[SiH](CCCNC(=N)N)C(=O)c1nccs1. The van der Waals surface area contributed by atoms with E-state index in [4.69, 9.17) is 16.9 Å². The number of guanidine groups is 1. The van der Waals surface area contributed by atoms with Crippen LogP contribution in [0.4, 0.5) is 0 Å². The molecule has 4 amide bonds. The van der Waals surface area contributed by atoms with Crippen molar-refractivity contribution in [3.05, 3.63) is 52.5 Å². The molecule has 45 heavy (non-hydrogen) atoms. The minimum atomic E-state index is -2.70. The molecule has 2 rings (SSSR count). The quantitative estimate of drug-likeness (QED) is 0.0340. The third kappa shape index (κ3) is 13.5. The molecule has 0 aliphatic rings. The molecular formula is C28H43N9O6SSi. The molecule has 1 heterocycles. The Bertz CT molecular complexity index is 1270. The number of aromatic nitrogens is 1. The molecule has 0 bridgehead atoms. The van der Waals surface area contributed by atoms with E-state index in [1.807, 2.05) is 6.07 Å². The molecule has 0 aliphatic heterocycles. The number of nitrogens with two attached hydrogens (primary N) is 2. The van der Waals surface area contributed by atoms with Crippen molar-refractivity contribution >= 4 is 55.3 Å². The zero-order valence-corrected chi connectivity index (χ0v) is 27.2. The van der Waals surface area contributed by atoms with E-state index in [2.05, 4.69) is 31.2 Å². The summed E-state index contributed by atoms with van der Waals surface area (Å²) in [5.41, 5.74) is 11.7. The maximum Gasteiger partial charge on any atom is 0.245 e. The first-order chi connectivity index (χ1) is 21.5. The van der Waals surface area contributed by atoms with Gasteiger partial charge in [0.05, 0.1) is 6.61 Å². The molecule has 11 N–H and O–H groups in total. The molecule has 0 saturated heterocycles. The van der Waals surface area contributed by atoms with Gasteiger partial charge in [0, 0.05) is 31.5 Å². The zero-order valence-electron chi connectivity index (χ0n) is 25.2. The van der Waals surface area contributed by atoms with Crippen molar-refractivity contribution < 1.29 is 29.1 Å². The topological polar surface area (TPSA) is 255 Å². The van der Waals surface area contributed by atoms with Crippen LogP contribution in [0.2, 0.25) is 6.04 Å². The Morgan fingerprint density at radius 3 is 2.27 bits per heavy atom. The zero-order chi connectivity index (χ0) is 33.2. The summed E-state index contributed by atoms with van der Waals surface area (Å²) >= 11 is 1.17. The van der Waals surface area contributed by atoms with Crippen molar-refractivity contribution in [1.29, 1.82) is 5.41 Å². The van der Waals surface area contributed by atoms with Crippen molar-refractivity contribution in [2.24, 2.45) is 11.5 Å². The van der Waals surface area contributed by atoms with Gasteiger partial charge in [0.15, 0.2) is 16.4 Å². The Balaban J connectivity index is 2.30. The minimum absolute atomic E-state index is 0.103. The highest BCUT2D eigenvalue weighted by atomic mass is 32.1. The van der Waals surface area contributed by atoms with Crippen LogP contribution in [0.25, 0.3) is 0 Å². The highest BCUT2D eigenvalue weighted by Crippen LogP contribution is 2.11. The van der Waals surface area contributed by atoms with Crippen molar-refractivity contribution in [1.82, 2.24) is 31.2 Å². The van der Waals surface area contributed by atoms with Crippen LogP contribution in [-0.2, 0) is 25.6 Å². The van der Waals surface area contributed by atoms with Crippen molar-refractivity contribution in [2.75, 3.05) is 19.7 Å². The van der Waals surface area contributed by atoms with Crippen LogP contribution < -0.4 is 37.7 Å². The van der Waals surface area contributed by atoms with Crippen LogP contribution in [0.1, 0.15) is 48.0 Å². The Labute approximate surface area is 267 Å². The van der Waals surface area contributed by atoms with E-state index in [0.29, 0.717) is 38.4 Å². The number of thiazole rings is 1. The number of nitrogens with one attached hydrogen (secondary N) is 6. The lowest BCUT2D eigenvalue weighted by molar-refractivity contribution is -0.134. The van der Waals surface area contributed by atoms with Gasteiger partial charge in [-0.2, -0.15) is 0 Å². The predicted octanol–water partition coefficient (Wildman–Crippen LogP) is -1.58. The second-order valence-electron chi connectivity index (χ2n) is 10.3. The average Bonchev–Trinajstić information content (AvgIpc) is 3.55. The molecular weight excluding hydrogens is 619 g/mol. The Morgan fingerprint density at radius 2 is 1.67 bits per heavy atom. The number of carbonyl (C=O) groups is 5. The van der Waals surface area contributed by atoms with Crippen molar-refractivity contribution in [2.45, 2.75) is 63.2 Å². The normalized spacial score (nSPS) is 13.4. The first-order valence-electron chi connectivity index (χ1n) is 14.6. The Kier molecular flexibility index (Phi) is 16.4. The molecule has 0 saturated carbocycles. The number of carbonyl (C=O) groups excluding carboxylic acids is 5. The van der Waals surface area contributed by atoms with E-state index < -0.39 is 57.3 Å². The number of aliphatic hydroxyl groups is 1.